The van der Waals surface area contributed by atoms with Gasteiger partial charge < -0.3 is 10.1 Å². The lowest BCUT2D eigenvalue weighted by Gasteiger charge is -2.20. The lowest BCUT2D eigenvalue weighted by atomic mass is 9.99. The first kappa shape index (κ1) is 22.2. The van der Waals surface area contributed by atoms with E-state index < -0.39 is 27.6 Å². The van der Waals surface area contributed by atoms with Gasteiger partial charge in [-0.2, -0.15) is 4.31 Å². The van der Waals surface area contributed by atoms with Crippen LogP contribution in [0.1, 0.15) is 18.5 Å². The van der Waals surface area contributed by atoms with Crippen molar-refractivity contribution in [3.05, 3.63) is 51.8 Å². The van der Waals surface area contributed by atoms with Gasteiger partial charge in [0.05, 0.1) is 25.1 Å². The second kappa shape index (κ2) is 9.11. The third-order valence-electron chi connectivity index (χ3n) is 4.74. The van der Waals surface area contributed by atoms with Gasteiger partial charge in [-0.15, -0.1) is 0 Å². The molecule has 162 valence electrons. The van der Waals surface area contributed by atoms with Crippen molar-refractivity contribution >= 4 is 33.4 Å². The Kier molecular flexibility index (Phi) is 6.74. The van der Waals surface area contributed by atoms with Gasteiger partial charge in [0.2, 0.25) is 10.0 Å². The minimum Gasteiger partial charge on any atom is -0.465 e. The third kappa shape index (κ3) is 4.97. The van der Waals surface area contributed by atoms with Gasteiger partial charge in [-0.05, 0) is 19.1 Å². The molecule has 0 bridgehead atoms. The van der Waals surface area contributed by atoms with Crippen LogP contribution in [0.2, 0.25) is 5.15 Å². The third-order valence-corrected chi connectivity index (χ3v) is 6.28. The van der Waals surface area contributed by atoms with Gasteiger partial charge in [-0.25, -0.2) is 13.4 Å². The van der Waals surface area contributed by atoms with Gasteiger partial charge in [-0.1, -0.05) is 17.7 Å². The average molecular weight is 456 g/mol. The lowest BCUT2D eigenvalue weighted by molar-refractivity contribution is -0.143. The molecule has 0 spiro atoms. The highest BCUT2D eigenvalue weighted by Crippen LogP contribution is 2.29. The predicted molar refractivity (Wildman–Crippen MR) is 111 cm³/mol. The Labute approximate surface area is 178 Å². The van der Waals surface area contributed by atoms with Gasteiger partial charge in [0, 0.05) is 30.9 Å². The largest absolute Gasteiger partial charge is 0.465 e. The Balaban J connectivity index is 1.91. The fraction of sp³-hybridized carbons (Fsp3) is 0.444. The van der Waals surface area contributed by atoms with E-state index in [9.17, 15) is 18.0 Å². The Hall–Kier alpha value is -2.50. The summed E-state index contributed by atoms with van der Waals surface area (Å²) in [7, 11) is -3.44. The molecule has 0 saturated carbocycles. The average Bonchev–Trinajstić information content (AvgIpc) is 3.13. The fourth-order valence-electron chi connectivity index (χ4n) is 3.31. The van der Waals surface area contributed by atoms with Crippen molar-refractivity contribution in [1.29, 1.82) is 0 Å². The second-order valence-electron chi connectivity index (χ2n) is 6.82. The summed E-state index contributed by atoms with van der Waals surface area (Å²) in [6.07, 6.45) is 4.02. The molecule has 1 aliphatic rings. The molecule has 2 aromatic rings. The van der Waals surface area contributed by atoms with Crippen molar-refractivity contribution in [1.82, 2.24) is 18.8 Å². The van der Waals surface area contributed by atoms with Crippen molar-refractivity contribution < 1.29 is 17.9 Å². The van der Waals surface area contributed by atoms with Crippen LogP contribution >= 0.6 is 11.6 Å². The fourth-order valence-corrected chi connectivity index (χ4v) is 4.35. The number of halogens is 1. The summed E-state index contributed by atoms with van der Waals surface area (Å²) in [5, 5.41) is 3.02. The first-order valence-electron chi connectivity index (χ1n) is 9.24. The van der Waals surface area contributed by atoms with E-state index in [0.29, 0.717) is 5.69 Å². The minimum absolute atomic E-state index is 0.0101. The predicted octanol–water partition coefficient (Wildman–Crippen LogP) is 0.694. The highest BCUT2D eigenvalue weighted by atomic mass is 35.5. The number of nitrogens with zero attached hydrogens (tertiary/aromatic N) is 4. The number of anilines is 1. The molecule has 10 nitrogen and oxygen atoms in total. The van der Waals surface area contributed by atoms with E-state index in [1.807, 2.05) is 6.07 Å². The normalized spacial score (nSPS) is 19.6. The van der Waals surface area contributed by atoms with Gasteiger partial charge in [0.1, 0.15) is 11.7 Å². The number of sulfonamides is 1. The number of pyridine rings is 1. The molecule has 0 aromatic carbocycles. The van der Waals surface area contributed by atoms with Crippen molar-refractivity contribution in [3.8, 4) is 0 Å². The van der Waals surface area contributed by atoms with Gasteiger partial charge in [-0.3, -0.25) is 19.1 Å². The summed E-state index contributed by atoms with van der Waals surface area (Å²) in [5.74, 6) is -0.935. The van der Waals surface area contributed by atoms with Crippen LogP contribution in [0.3, 0.4) is 0 Å². The lowest BCUT2D eigenvalue weighted by Crippen LogP contribution is -2.35. The summed E-state index contributed by atoms with van der Waals surface area (Å²) >= 11 is 6.04. The number of hydrogen-bond donors (Lipinski definition) is 1. The minimum atomic E-state index is -3.44. The standard InChI is InChI=1S/C18H22ClN5O5S/c1-3-29-16(25)11-24-15(19)8-21-17(18(24)26)22-14-10-23(30(2,27)28)9-12(14)13-6-4-5-7-20-13/h4-8,12,14H,3,9-11H2,1-2H3,(H,21,22)/t12-,14+/m1/s1. The maximum absolute atomic E-state index is 12.8. The number of nitrogens with one attached hydrogen (secondary N) is 1. The Morgan fingerprint density at radius 2 is 2.10 bits per heavy atom. The van der Waals surface area contributed by atoms with Crippen LogP contribution in [0, 0.1) is 0 Å². The monoisotopic (exact) mass is 455 g/mol. The Bertz CT molecular complexity index is 1080. The van der Waals surface area contributed by atoms with Crippen molar-refractivity contribution in [2.75, 3.05) is 31.3 Å². The molecule has 2 aromatic heterocycles. The zero-order valence-corrected chi connectivity index (χ0v) is 18.1. The maximum Gasteiger partial charge on any atom is 0.326 e. The highest BCUT2D eigenvalue weighted by Gasteiger charge is 2.39. The molecule has 2 atom stereocenters. The van der Waals surface area contributed by atoms with Crippen LogP contribution in [0.25, 0.3) is 0 Å². The van der Waals surface area contributed by atoms with Crippen LogP contribution < -0.4 is 10.9 Å². The number of esters is 1. The maximum atomic E-state index is 12.8. The molecule has 3 heterocycles. The molecule has 1 aliphatic heterocycles. The van der Waals surface area contributed by atoms with Crippen molar-refractivity contribution in [2.45, 2.75) is 25.4 Å². The van der Waals surface area contributed by atoms with Crippen molar-refractivity contribution in [3.63, 3.8) is 0 Å². The molecule has 1 fully saturated rings. The zero-order chi connectivity index (χ0) is 21.9. The second-order valence-corrected chi connectivity index (χ2v) is 9.19. The topological polar surface area (TPSA) is 123 Å². The van der Waals surface area contributed by atoms with Crippen LogP contribution in [0.4, 0.5) is 5.82 Å². The number of aromatic nitrogens is 3. The Morgan fingerprint density at radius 1 is 1.33 bits per heavy atom. The van der Waals surface area contributed by atoms with E-state index in [1.54, 1.807) is 25.3 Å². The molecular formula is C18H22ClN5O5S. The van der Waals surface area contributed by atoms with Crippen LogP contribution in [0.5, 0.6) is 0 Å². The highest BCUT2D eigenvalue weighted by molar-refractivity contribution is 7.88. The number of hydrogen-bond acceptors (Lipinski definition) is 8. The van der Waals surface area contributed by atoms with Crippen LogP contribution in [-0.4, -0.2) is 65.2 Å². The van der Waals surface area contributed by atoms with E-state index in [-0.39, 0.29) is 43.1 Å². The molecule has 0 aliphatic carbocycles. The first-order chi connectivity index (χ1) is 14.2. The number of ether oxygens (including phenoxy) is 1. The molecule has 12 heteroatoms. The van der Waals surface area contributed by atoms with Gasteiger partial charge in [0.25, 0.3) is 5.56 Å². The molecule has 1 saturated heterocycles. The molecule has 0 amide bonds. The van der Waals surface area contributed by atoms with E-state index in [0.717, 1.165) is 10.8 Å². The van der Waals surface area contributed by atoms with Crippen LogP contribution in [-0.2, 0) is 26.1 Å². The van der Waals surface area contributed by atoms with E-state index in [2.05, 4.69) is 15.3 Å². The molecule has 30 heavy (non-hydrogen) atoms. The summed E-state index contributed by atoms with van der Waals surface area (Å²) in [4.78, 5) is 33.0. The summed E-state index contributed by atoms with van der Waals surface area (Å²) in [6, 6.07) is 4.94. The van der Waals surface area contributed by atoms with E-state index >= 15 is 0 Å². The molecule has 0 unspecified atom stereocenters. The first-order valence-corrected chi connectivity index (χ1v) is 11.5. The Morgan fingerprint density at radius 3 is 2.73 bits per heavy atom. The summed E-state index contributed by atoms with van der Waals surface area (Å²) in [5.41, 5.74) is 0.0927. The summed E-state index contributed by atoms with van der Waals surface area (Å²) in [6.45, 7) is 1.84. The van der Waals surface area contributed by atoms with Crippen molar-refractivity contribution in [2.24, 2.45) is 0 Å². The molecule has 1 N–H and O–H groups in total. The van der Waals surface area contributed by atoms with E-state index in [1.165, 1.54) is 10.5 Å². The number of carbonyl (C=O) groups excluding carboxylic acids is 1. The quantitative estimate of drug-likeness (QED) is 0.605. The molecule has 3 rings (SSSR count). The SMILES string of the molecule is CCOC(=O)Cn1c(Cl)cnc(N[C@H]2CN(S(C)(=O)=O)C[C@@H]2c2ccccn2)c1=O. The van der Waals surface area contributed by atoms with Crippen LogP contribution in [0.15, 0.2) is 35.4 Å². The molecular weight excluding hydrogens is 434 g/mol. The van der Waals surface area contributed by atoms with Gasteiger partial charge >= 0.3 is 5.97 Å². The number of carbonyl (C=O) groups is 1. The van der Waals surface area contributed by atoms with Gasteiger partial charge in [0.15, 0.2) is 5.82 Å². The number of rotatable bonds is 7. The summed E-state index contributed by atoms with van der Waals surface area (Å²) < 4.78 is 31.4. The molecule has 0 radical (unpaired) electrons. The van der Waals surface area contributed by atoms with E-state index in [4.69, 9.17) is 16.3 Å². The zero-order valence-electron chi connectivity index (χ0n) is 16.5. The smallest absolute Gasteiger partial charge is 0.326 e.